The van der Waals surface area contributed by atoms with Gasteiger partial charge in [0.2, 0.25) is 0 Å². The van der Waals surface area contributed by atoms with Crippen LogP contribution in [0, 0.1) is 0 Å². The van der Waals surface area contributed by atoms with E-state index in [1.165, 1.54) is 20.4 Å². The first-order valence-electron chi connectivity index (χ1n) is 4.55. The van der Waals surface area contributed by atoms with Gasteiger partial charge in [-0.1, -0.05) is 0 Å². The lowest BCUT2D eigenvalue weighted by atomic mass is 10.3. The first-order chi connectivity index (χ1) is 7.19. The van der Waals surface area contributed by atoms with E-state index >= 15 is 0 Å². The number of H-pyrrole nitrogens is 1. The van der Waals surface area contributed by atoms with E-state index in [-0.39, 0.29) is 11.9 Å². The van der Waals surface area contributed by atoms with Gasteiger partial charge in [-0.2, -0.15) is 5.10 Å². The number of hydrogen-bond acceptors (Lipinski definition) is 4. The Hall–Kier alpha value is -1.40. The summed E-state index contributed by atoms with van der Waals surface area (Å²) in [6.07, 6.45) is 1.06. The second-order valence-electron chi connectivity index (χ2n) is 3.07. The maximum atomic E-state index is 11.6. The minimum absolute atomic E-state index is 0.237. The molecule has 0 aliphatic heterocycles. The van der Waals surface area contributed by atoms with Crippen molar-refractivity contribution in [3.63, 3.8) is 0 Å². The molecule has 0 aromatic carbocycles. The van der Waals surface area contributed by atoms with Crippen molar-refractivity contribution in [1.82, 2.24) is 15.5 Å². The van der Waals surface area contributed by atoms with Gasteiger partial charge in [0.25, 0.3) is 5.91 Å². The summed E-state index contributed by atoms with van der Waals surface area (Å²) in [4.78, 5) is 11.6. The summed E-state index contributed by atoms with van der Waals surface area (Å²) >= 11 is 0. The van der Waals surface area contributed by atoms with Gasteiger partial charge >= 0.3 is 0 Å². The zero-order valence-electron chi connectivity index (χ0n) is 8.98. The van der Waals surface area contributed by atoms with Gasteiger partial charge < -0.3 is 14.8 Å². The van der Waals surface area contributed by atoms with Crippen LogP contribution in [-0.4, -0.2) is 42.7 Å². The van der Waals surface area contributed by atoms with E-state index in [4.69, 9.17) is 9.47 Å². The summed E-state index contributed by atoms with van der Waals surface area (Å²) in [5, 5.41) is 8.98. The van der Waals surface area contributed by atoms with E-state index < -0.39 is 6.29 Å². The molecule has 1 heterocycles. The van der Waals surface area contributed by atoms with Gasteiger partial charge in [0.05, 0.1) is 6.04 Å². The van der Waals surface area contributed by atoms with Gasteiger partial charge in [0, 0.05) is 20.4 Å². The van der Waals surface area contributed by atoms with E-state index in [0.29, 0.717) is 5.69 Å². The highest BCUT2D eigenvalue weighted by molar-refractivity contribution is 5.92. The van der Waals surface area contributed by atoms with Gasteiger partial charge in [0.1, 0.15) is 5.69 Å². The monoisotopic (exact) mass is 213 g/mol. The normalized spacial score (nSPS) is 12.8. The Morgan fingerprint density at radius 2 is 2.20 bits per heavy atom. The third kappa shape index (κ3) is 3.03. The summed E-state index contributed by atoms with van der Waals surface area (Å²) in [5.41, 5.74) is 0.410. The molecule has 1 atom stereocenters. The first kappa shape index (κ1) is 11.7. The third-order valence-electron chi connectivity index (χ3n) is 1.98. The number of rotatable bonds is 5. The van der Waals surface area contributed by atoms with E-state index in [0.717, 1.165) is 0 Å². The summed E-state index contributed by atoms with van der Waals surface area (Å²) in [7, 11) is 3.04. The van der Waals surface area contributed by atoms with Crippen LogP contribution in [0.15, 0.2) is 12.3 Å². The molecule has 0 aliphatic carbocycles. The Kier molecular flexibility index (Phi) is 4.26. The fourth-order valence-electron chi connectivity index (χ4n) is 1.24. The Bertz CT molecular complexity index is 296. The molecule has 1 aromatic heterocycles. The fraction of sp³-hybridized carbons (Fsp3) is 0.556. The number of carbonyl (C=O) groups excluding carboxylic acids is 1. The van der Waals surface area contributed by atoms with E-state index in [2.05, 4.69) is 15.5 Å². The van der Waals surface area contributed by atoms with Crippen molar-refractivity contribution < 1.29 is 14.3 Å². The van der Waals surface area contributed by atoms with E-state index in [1.807, 2.05) is 0 Å². The van der Waals surface area contributed by atoms with Gasteiger partial charge in [-0.25, -0.2) is 0 Å². The van der Waals surface area contributed by atoms with Gasteiger partial charge in [-0.15, -0.1) is 0 Å². The number of carbonyl (C=O) groups is 1. The predicted molar refractivity (Wildman–Crippen MR) is 53.3 cm³/mol. The topological polar surface area (TPSA) is 76.2 Å². The maximum absolute atomic E-state index is 11.6. The van der Waals surface area contributed by atoms with Gasteiger partial charge in [-0.3, -0.25) is 9.89 Å². The lowest BCUT2D eigenvalue weighted by molar-refractivity contribution is -0.117. The molecule has 6 nitrogen and oxygen atoms in total. The van der Waals surface area contributed by atoms with Crippen LogP contribution in [0.25, 0.3) is 0 Å². The summed E-state index contributed by atoms with van der Waals surface area (Å²) < 4.78 is 10.0. The van der Waals surface area contributed by atoms with E-state index in [9.17, 15) is 4.79 Å². The van der Waals surface area contributed by atoms with Crippen LogP contribution in [0.5, 0.6) is 0 Å². The quantitative estimate of drug-likeness (QED) is 0.682. The molecule has 2 N–H and O–H groups in total. The number of ether oxygens (including phenoxy) is 2. The largest absolute Gasteiger partial charge is 0.354 e. The molecule has 15 heavy (non-hydrogen) atoms. The average Bonchev–Trinajstić information content (AvgIpc) is 2.72. The minimum Gasteiger partial charge on any atom is -0.354 e. The molecule has 84 valence electrons. The molecule has 0 saturated carbocycles. The van der Waals surface area contributed by atoms with E-state index in [1.54, 1.807) is 13.0 Å². The smallest absolute Gasteiger partial charge is 0.269 e. The fourth-order valence-corrected chi connectivity index (χ4v) is 1.24. The van der Waals surface area contributed by atoms with Gasteiger partial charge in [0.15, 0.2) is 6.29 Å². The van der Waals surface area contributed by atoms with Crippen LogP contribution in [0.1, 0.15) is 17.4 Å². The zero-order valence-corrected chi connectivity index (χ0v) is 8.98. The molecule has 1 rings (SSSR count). The number of aromatic amines is 1. The summed E-state index contributed by atoms with van der Waals surface area (Å²) in [6, 6.07) is 1.35. The Morgan fingerprint density at radius 3 is 2.67 bits per heavy atom. The van der Waals surface area contributed by atoms with Crippen molar-refractivity contribution in [1.29, 1.82) is 0 Å². The zero-order chi connectivity index (χ0) is 11.3. The van der Waals surface area contributed by atoms with Crippen molar-refractivity contribution >= 4 is 5.91 Å². The van der Waals surface area contributed by atoms with Crippen LogP contribution >= 0.6 is 0 Å². The average molecular weight is 213 g/mol. The lowest BCUT2D eigenvalue weighted by Gasteiger charge is -2.21. The molecular weight excluding hydrogens is 198 g/mol. The SMILES string of the molecule is COC(OC)C(C)NC(=O)c1ccn[nH]1. The Morgan fingerprint density at radius 1 is 1.53 bits per heavy atom. The lowest BCUT2D eigenvalue weighted by Crippen LogP contribution is -2.43. The molecule has 0 spiro atoms. The van der Waals surface area contributed by atoms with Crippen molar-refractivity contribution in [3.05, 3.63) is 18.0 Å². The Labute approximate surface area is 88.0 Å². The molecule has 0 aliphatic rings. The number of nitrogens with one attached hydrogen (secondary N) is 2. The molecule has 6 heteroatoms. The van der Waals surface area contributed by atoms with Crippen LogP contribution in [0.3, 0.4) is 0 Å². The second kappa shape index (κ2) is 5.47. The molecule has 0 radical (unpaired) electrons. The van der Waals surface area contributed by atoms with Crippen LogP contribution in [-0.2, 0) is 9.47 Å². The third-order valence-corrected chi connectivity index (χ3v) is 1.98. The molecule has 1 amide bonds. The van der Waals surface area contributed by atoms with Crippen LogP contribution in [0.2, 0.25) is 0 Å². The van der Waals surface area contributed by atoms with Crippen molar-refractivity contribution in [2.75, 3.05) is 14.2 Å². The molecule has 0 saturated heterocycles. The highest BCUT2D eigenvalue weighted by Crippen LogP contribution is 2.00. The maximum Gasteiger partial charge on any atom is 0.269 e. The van der Waals surface area contributed by atoms with Crippen molar-refractivity contribution in [3.8, 4) is 0 Å². The van der Waals surface area contributed by atoms with Crippen LogP contribution in [0.4, 0.5) is 0 Å². The number of nitrogens with zero attached hydrogens (tertiary/aromatic N) is 1. The summed E-state index contributed by atoms with van der Waals surface area (Å²) in [6.45, 7) is 1.80. The predicted octanol–water partition coefficient (Wildman–Crippen LogP) is 0.147. The Balaban J connectivity index is 2.51. The highest BCUT2D eigenvalue weighted by atomic mass is 16.7. The van der Waals surface area contributed by atoms with Crippen molar-refractivity contribution in [2.45, 2.75) is 19.3 Å². The second-order valence-corrected chi connectivity index (χ2v) is 3.07. The molecule has 0 bridgehead atoms. The number of aromatic nitrogens is 2. The number of hydrogen-bond donors (Lipinski definition) is 2. The van der Waals surface area contributed by atoms with Crippen molar-refractivity contribution in [2.24, 2.45) is 0 Å². The molecule has 1 aromatic rings. The number of methoxy groups -OCH3 is 2. The standard InChI is InChI=1S/C9H15N3O3/c1-6(9(14-2)15-3)11-8(13)7-4-5-10-12-7/h4-6,9H,1-3H3,(H,10,12)(H,11,13). The molecule has 1 unspecified atom stereocenters. The highest BCUT2D eigenvalue weighted by Gasteiger charge is 2.19. The van der Waals surface area contributed by atoms with Gasteiger partial charge in [-0.05, 0) is 13.0 Å². The minimum atomic E-state index is -0.461. The van der Waals surface area contributed by atoms with Crippen LogP contribution < -0.4 is 5.32 Å². The number of amides is 1. The molecule has 0 fully saturated rings. The summed E-state index contributed by atoms with van der Waals surface area (Å²) in [5.74, 6) is -0.237. The first-order valence-corrected chi connectivity index (χ1v) is 4.55. The molecular formula is C9H15N3O3.